The average molecular weight is 209 g/mol. The number of hydrogen-bond acceptors (Lipinski definition) is 3. The van der Waals surface area contributed by atoms with Crippen LogP contribution in [0.1, 0.15) is 18.1 Å². The molecule has 1 atom stereocenters. The lowest BCUT2D eigenvalue weighted by Crippen LogP contribution is -2.19. The Morgan fingerprint density at radius 3 is 2.87 bits per heavy atom. The molecule has 0 saturated heterocycles. The summed E-state index contributed by atoms with van der Waals surface area (Å²) in [6.07, 6.45) is -0.121. The third-order valence-corrected chi connectivity index (χ3v) is 1.98. The number of urea groups is 1. The van der Waals surface area contributed by atoms with Gasteiger partial charge in [0.1, 0.15) is 0 Å². The van der Waals surface area contributed by atoms with Gasteiger partial charge in [0.15, 0.2) is 0 Å². The summed E-state index contributed by atoms with van der Waals surface area (Å²) in [5.74, 6) is 0. The molecular weight excluding hydrogens is 194 g/mol. The summed E-state index contributed by atoms with van der Waals surface area (Å²) in [5.41, 5.74) is 11.6. The van der Waals surface area contributed by atoms with E-state index in [-0.39, 0.29) is 0 Å². The number of aliphatic hydroxyl groups excluding tert-OH is 1. The summed E-state index contributed by atoms with van der Waals surface area (Å²) in [6, 6.07) is 6.25. The summed E-state index contributed by atoms with van der Waals surface area (Å²) in [4.78, 5) is 10.6. The van der Waals surface area contributed by atoms with E-state index in [9.17, 15) is 9.90 Å². The highest BCUT2D eigenvalue weighted by molar-refractivity contribution is 5.87. The van der Waals surface area contributed by atoms with E-state index in [1.165, 1.54) is 0 Å². The van der Waals surface area contributed by atoms with Crippen LogP contribution < -0.4 is 16.8 Å². The first-order valence-electron chi connectivity index (χ1n) is 4.68. The highest BCUT2D eigenvalue weighted by Crippen LogP contribution is 2.19. The van der Waals surface area contributed by atoms with Gasteiger partial charge in [0.05, 0.1) is 6.10 Å². The molecule has 1 unspecified atom stereocenters. The first kappa shape index (κ1) is 11.5. The zero-order valence-electron chi connectivity index (χ0n) is 8.31. The fourth-order valence-corrected chi connectivity index (χ4v) is 1.29. The molecule has 1 aromatic rings. The van der Waals surface area contributed by atoms with E-state index in [1.54, 1.807) is 24.3 Å². The molecule has 82 valence electrons. The molecule has 6 N–H and O–H groups in total. The van der Waals surface area contributed by atoms with Crippen LogP contribution in [0.25, 0.3) is 0 Å². The second-order valence-corrected chi connectivity index (χ2v) is 3.21. The van der Waals surface area contributed by atoms with E-state index in [0.717, 1.165) is 0 Å². The standard InChI is InChI=1S/C10H15N3O2/c11-5-4-9(14)7-2-1-3-8(6-7)13-10(12)15/h1-3,6,9,14H,4-5,11H2,(H3,12,13,15). The zero-order valence-corrected chi connectivity index (χ0v) is 8.31. The molecule has 0 aliphatic heterocycles. The maximum atomic E-state index is 10.6. The Bertz CT molecular complexity index is 341. The van der Waals surface area contributed by atoms with Crippen molar-refractivity contribution in [2.24, 2.45) is 11.5 Å². The lowest BCUT2D eigenvalue weighted by atomic mass is 10.1. The number of nitrogens with one attached hydrogen (secondary N) is 1. The van der Waals surface area contributed by atoms with E-state index in [0.29, 0.717) is 24.2 Å². The third kappa shape index (κ3) is 3.57. The molecule has 0 aliphatic carbocycles. The molecule has 1 rings (SSSR count). The minimum absolute atomic E-state index is 0.411. The van der Waals surface area contributed by atoms with E-state index in [2.05, 4.69) is 5.32 Å². The van der Waals surface area contributed by atoms with Gasteiger partial charge < -0.3 is 21.9 Å². The molecule has 0 saturated carbocycles. The second-order valence-electron chi connectivity index (χ2n) is 3.21. The summed E-state index contributed by atoms with van der Waals surface area (Å²) in [6.45, 7) is 0.411. The van der Waals surface area contributed by atoms with Crippen LogP contribution in [-0.2, 0) is 0 Å². The Kier molecular flexibility index (Phi) is 4.08. The second kappa shape index (κ2) is 5.33. The van der Waals surface area contributed by atoms with Crippen LogP contribution >= 0.6 is 0 Å². The van der Waals surface area contributed by atoms with Crippen molar-refractivity contribution < 1.29 is 9.90 Å². The molecule has 5 heteroatoms. The molecule has 2 amide bonds. The van der Waals surface area contributed by atoms with Gasteiger partial charge in [-0.05, 0) is 30.7 Å². The quantitative estimate of drug-likeness (QED) is 0.582. The van der Waals surface area contributed by atoms with Gasteiger partial charge in [-0.3, -0.25) is 0 Å². The zero-order chi connectivity index (χ0) is 11.3. The van der Waals surface area contributed by atoms with Crippen molar-refractivity contribution in [2.75, 3.05) is 11.9 Å². The number of primary amides is 1. The number of anilines is 1. The number of hydrogen-bond donors (Lipinski definition) is 4. The smallest absolute Gasteiger partial charge is 0.316 e. The molecule has 1 aromatic carbocycles. The lowest BCUT2D eigenvalue weighted by Gasteiger charge is -2.11. The molecule has 0 bridgehead atoms. The molecule has 5 nitrogen and oxygen atoms in total. The largest absolute Gasteiger partial charge is 0.388 e. The van der Waals surface area contributed by atoms with Crippen molar-refractivity contribution >= 4 is 11.7 Å². The van der Waals surface area contributed by atoms with Crippen molar-refractivity contribution in [3.05, 3.63) is 29.8 Å². The van der Waals surface area contributed by atoms with Crippen molar-refractivity contribution in [1.82, 2.24) is 0 Å². The van der Waals surface area contributed by atoms with E-state index >= 15 is 0 Å². The Morgan fingerprint density at radius 1 is 1.53 bits per heavy atom. The van der Waals surface area contributed by atoms with Crippen molar-refractivity contribution in [3.63, 3.8) is 0 Å². The number of nitrogens with two attached hydrogens (primary N) is 2. The molecule has 0 radical (unpaired) electrons. The molecule has 0 aromatic heterocycles. The molecule has 0 aliphatic rings. The predicted octanol–water partition coefficient (Wildman–Crippen LogP) is 0.559. The van der Waals surface area contributed by atoms with E-state index < -0.39 is 12.1 Å². The average Bonchev–Trinajstić information content (AvgIpc) is 2.17. The number of rotatable bonds is 4. The maximum absolute atomic E-state index is 10.6. The summed E-state index contributed by atoms with van der Waals surface area (Å²) < 4.78 is 0. The monoisotopic (exact) mass is 209 g/mol. The first-order chi connectivity index (χ1) is 7.13. The van der Waals surface area contributed by atoms with Crippen LogP contribution in [0.2, 0.25) is 0 Å². The molecular formula is C10H15N3O2. The fourth-order valence-electron chi connectivity index (χ4n) is 1.29. The summed E-state index contributed by atoms with van der Waals surface area (Å²) >= 11 is 0. The summed E-state index contributed by atoms with van der Waals surface area (Å²) in [5, 5.41) is 12.1. The van der Waals surface area contributed by atoms with Gasteiger partial charge in [-0.15, -0.1) is 0 Å². The normalized spacial score (nSPS) is 12.1. The maximum Gasteiger partial charge on any atom is 0.316 e. The Morgan fingerprint density at radius 2 is 2.27 bits per heavy atom. The van der Waals surface area contributed by atoms with Crippen LogP contribution in [0.5, 0.6) is 0 Å². The Hall–Kier alpha value is -1.59. The van der Waals surface area contributed by atoms with Crippen molar-refractivity contribution in [3.8, 4) is 0 Å². The molecule has 0 spiro atoms. The SMILES string of the molecule is NCCC(O)c1cccc(NC(N)=O)c1. The van der Waals surface area contributed by atoms with Crippen molar-refractivity contribution in [2.45, 2.75) is 12.5 Å². The number of carbonyl (C=O) groups excluding carboxylic acids is 1. The summed E-state index contributed by atoms with van der Waals surface area (Å²) in [7, 11) is 0. The number of carbonyl (C=O) groups is 1. The van der Waals surface area contributed by atoms with Gasteiger partial charge in [-0.1, -0.05) is 12.1 Å². The lowest BCUT2D eigenvalue weighted by molar-refractivity contribution is 0.170. The molecule has 15 heavy (non-hydrogen) atoms. The van der Waals surface area contributed by atoms with Crippen LogP contribution in [0.4, 0.5) is 10.5 Å². The fraction of sp³-hybridized carbons (Fsp3) is 0.300. The van der Waals surface area contributed by atoms with E-state index in [1.807, 2.05) is 0 Å². The number of amides is 2. The highest BCUT2D eigenvalue weighted by Gasteiger charge is 2.07. The van der Waals surface area contributed by atoms with Gasteiger partial charge >= 0.3 is 6.03 Å². The van der Waals surface area contributed by atoms with Gasteiger partial charge in [-0.2, -0.15) is 0 Å². The van der Waals surface area contributed by atoms with Gasteiger partial charge in [-0.25, -0.2) is 4.79 Å². The number of benzene rings is 1. The minimum Gasteiger partial charge on any atom is -0.388 e. The molecule has 0 fully saturated rings. The van der Waals surface area contributed by atoms with Crippen LogP contribution in [-0.4, -0.2) is 17.7 Å². The minimum atomic E-state index is -0.625. The topological polar surface area (TPSA) is 101 Å². The number of aliphatic hydroxyl groups is 1. The first-order valence-corrected chi connectivity index (χ1v) is 4.68. The Balaban J connectivity index is 2.77. The third-order valence-electron chi connectivity index (χ3n) is 1.98. The predicted molar refractivity (Wildman–Crippen MR) is 58.3 cm³/mol. The highest BCUT2D eigenvalue weighted by atomic mass is 16.3. The van der Waals surface area contributed by atoms with Gasteiger partial charge in [0.25, 0.3) is 0 Å². The van der Waals surface area contributed by atoms with E-state index in [4.69, 9.17) is 11.5 Å². The molecule has 0 heterocycles. The van der Waals surface area contributed by atoms with Crippen LogP contribution in [0, 0.1) is 0 Å². The van der Waals surface area contributed by atoms with Crippen molar-refractivity contribution in [1.29, 1.82) is 0 Å². The van der Waals surface area contributed by atoms with Gasteiger partial charge in [0.2, 0.25) is 0 Å². The van der Waals surface area contributed by atoms with Crippen LogP contribution in [0.3, 0.4) is 0 Å². The Labute approximate surface area is 88.1 Å². The van der Waals surface area contributed by atoms with Gasteiger partial charge in [0, 0.05) is 5.69 Å². The van der Waals surface area contributed by atoms with Crippen LogP contribution in [0.15, 0.2) is 24.3 Å².